The topological polar surface area (TPSA) is 83.4 Å². The third-order valence-electron chi connectivity index (χ3n) is 3.76. The maximum atomic E-state index is 12.2. The van der Waals surface area contributed by atoms with Crippen LogP contribution in [0.4, 0.5) is 5.69 Å². The van der Waals surface area contributed by atoms with Gasteiger partial charge in [-0.15, -0.1) is 0 Å². The minimum atomic E-state index is -0.363. The third-order valence-corrected chi connectivity index (χ3v) is 3.76. The molecule has 138 valence electrons. The molecule has 2 N–H and O–H groups in total. The molecule has 7 heteroatoms. The first-order valence-corrected chi connectivity index (χ1v) is 8.06. The summed E-state index contributed by atoms with van der Waals surface area (Å²) in [6.07, 6.45) is 1.56. The van der Waals surface area contributed by atoms with Gasteiger partial charge in [0.25, 0.3) is 5.91 Å². The molecule has 0 aliphatic carbocycles. The molecule has 0 aliphatic rings. The highest BCUT2D eigenvalue weighted by Gasteiger charge is 2.09. The lowest BCUT2D eigenvalue weighted by molar-refractivity contribution is 0.0954. The lowest BCUT2D eigenvalue weighted by Crippen LogP contribution is -2.20. The van der Waals surface area contributed by atoms with Crippen LogP contribution in [0.15, 0.2) is 47.6 Å². The second kappa shape index (κ2) is 9.43. The number of likely N-dealkylation sites (N-methyl/N-ethyl adjacent to an activating group) is 1. The van der Waals surface area contributed by atoms with Gasteiger partial charge in [0.1, 0.15) is 11.5 Å². The molecule has 1 amide bonds. The largest absolute Gasteiger partial charge is 0.497 e. The Morgan fingerprint density at radius 2 is 1.77 bits per heavy atom. The molecular formula is C19H23N3O4. The standard InChI is InChI=1S/C19H23N3O4/c1-22(8-9-23)16-6-4-14(5-7-16)13-20-21-19(24)15-10-17(25-2)12-18(11-15)26-3/h4-7,10-13,23H,8-9H2,1-3H3,(H,21,24). The normalized spacial score (nSPS) is 10.6. The number of aliphatic hydroxyl groups excluding tert-OH is 1. The van der Waals surface area contributed by atoms with Gasteiger partial charge in [-0.05, 0) is 29.8 Å². The van der Waals surface area contributed by atoms with Crippen LogP contribution >= 0.6 is 0 Å². The molecule has 0 saturated heterocycles. The molecule has 0 aromatic heterocycles. The lowest BCUT2D eigenvalue weighted by Gasteiger charge is -2.17. The predicted octanol–water partition coefficient (Wildman–Crippen LogP) is 1.90. The van der Waals surface area contributed by atoms with Crippen molar-refractivity contribution in [1.82, 2.24) is 5.43 Å². The van der Waals surface area contributed by atoms with Crippen molar-refractivity contribution >= 4 is 17.8 Å². The van der Waals surface area contributed by atoms with Gasteiger partial charge in [0.05, 0.1) is 27.0 Å². The van der Waals surface area contributed by atoms with E-state index in [1.165, 1.54) is 14.2 Å². The van der Waals surface area contributed by atoms with E-state index in [0.29, 0.717) is 23.6 Å². The van der Waals surface area contributed by atoms with Crippen LogP contribution in [0, 0.1) is 0 Å². The Labute approximate surface area is 152 Å². The number of benzene rings is 2. The maximum absolute atomic E-state index is 12.2. The molecule has 0 radical (unpaired) electrons. The zero-order chi connectivity index (χ0) is 18.9. The number of carbonyl (C=O) groups is 1. The van der Waals surface area contributed by atoms with Crippen LogP contribution in [-0.2, 0) is 0 Å². The Bertz CT molecular complexity index is 738. The van der Waals surface area contributed by atoms with E-state index in [2.05, 4.69) is 10.5 Å². The number of anilines is 1. The maximum Gasteiger partial charge on any atom is 0.271 e. The average Bonchev–Trinajstić information content (AvgIpc) is 2.68. The summed E-state index contributed by atoms with van der Waals surface area (Å²) >= 11 is 0. The molecule has 2 aromatic carbocycles. The minimum Gasteiger partial charge on any atom is -0.497 e. The van der Waals surface area contributed by atoms with Gasteiger partial charge in [0, 0.05) is 30.9 Å². The van der Waals surface area contributed by atoms with Gasteiger partial charge in [-0.3, -0.25) is 4.79 Å². The number of hydrogen-bond donors (Lipinski definition) is 2. The first-order valence-electron chi connectivity index (χ1n) is 8.06. The second-order valence-electron chi connectivity index (χ2n) is 5.54. The number of methoxy groups -OCH3 is 2. The van der Waals surface area contributed by atoms with Gasteiger partial charge in [-0.25, -0.2) is 5.43 Å². The van der Waals surface area contributed by atoms with E-state index in [1.54, 1.807) is 24.4 Å². The van der Waals surface area contributed by atoms with Crippen molar-refractivity contribution in [2.24, 2.45) is 5.10 Å². The van der Waals surface area contributed by atoms with Crippen LogP contribution in [0.3, 0.4) is 0 Å². The van der Waals surface area contributed by atoms with Gasteiger partial charge in [-0.1, -0.05) is 12.1 Å². The Balaban J connectivity index is 2.00. The molecule has 0 aliphatic heterocycles. The number of nitrogens with one attached hydrogen (secondary N) is 1. The number of aliphatic hydroxyl groups is 1. The molecule has 0 unspecified atom stereocenters. The Hall–Kier alpha value is -3.06. The molecule has 2 rings (SSSR count). The summed E-state index contributed by atoms with van der Waals surface area (Å²) in [6.45, 7) is 0.661. The molecule has 0 fully saturated rings. The van der Waals surface area contributed by atoms with E-state index in [-0.39, 0.29) is 12.5 Å². The van der Waals surface area contributed by atoms with Gasteiger partial charge < -0.3 is 19.5 Å². The van der Waals surface area contributed by atoms with Crippen LogP contribution in [0.25, 0.3) is 0 Å². The number of rotatable bonds is 8. The predicted molar refractivity (Wildman–Crippen MR) is 101 cm³/mol. The fraction of sp³-hybridized carbons (Fsp3) is 0.263. The van der Waals surface area contributed by atoms with Gasteiger partial charge >= 0.3 is 0 Å². The molecule has 0 saturated carbocycles. The Kier molecular flexibility index (Phi) is 6.99. The Morgan fingerprint density at radius 1 is 1.15 bits per heavy atom. The fourth-order valence-corrected chi connectivity index (χ4v) is 2.26. The summed E-state index contributed by atoms with van der Waals surface area (Å²) in [5.74, 6) is 0.694. The smallest absolute Gasteiger partial charge is 0.271 e. The van der Waals surface area contributed by atoms with Crippen LogP contribution < -0.4 is 19.8 Å². The zero-order valence-electron chi connectivity index (χ0n) is 15.1. The summed E-state index contributed by atoms with van der Waals surface area (Å²) in [7, 11) is 4.95. The number of ether oxygens (including phenoxy) is 2. The van der Waals surface area contributed by atoms with Crippen molar-refractivity contribution in [2.45, 2.75) is 0 Å². The van der Waals surface area contributed by atoms with Gasteiger partial charge in [0.2, 0.25) is 0 Å². The van der Waals surface area contributed by atoms with Crippen LogP contribution in [0.1, 0.15) is 15.9 Å². The van der Waals surface area contributed by atoms with E-state index < -0.39 is 0 Å². The van der Waals surface area contributed by atoms with E-state index in [9.17, 15) is 4.79 Å². The molecule has 0 bridgehead atoms. The van der Waals surface area contributed by atoms with Crippen molar-refractivity contribution in [2.75, 3.05) is 39.3 Å². The first-order chi connectivity index (χ1) is 12.6. The summed E-state index contributed by atoms with van der Waals surface area (Å²) in [5.41, 5.74) is 4.70. The van der Waals surface area contributed by atoms with Gasteiger partial charge in [0.15, 0.2) is 0 Å². The van der Waals surface area contributed by atoms with Crippen molar-refractivity contribution in [1.29, 1.82) is 0 Å². The number of carbonyl (C=O) groups excluding carboxylic acids is 1. The van der Waals surface area contributed by atoms with E-state index in [0.717, 1.165) is 11.3 Å². The molecular weight excluding hydrogens is 334 g/mol. The second-order valence-corrected chi connectivity index (χ2v) is 5.54. The number of hydrazone groups is 1. The third kappa shape index (κ3) is 5.22. The molecule has 0 spiro atoms. The summed E-state index contributed by atoms with van der Waals surface area (Å²) in [5, 5.41) is 12.9. The molecule has 7 nitrogen and oxygen atoms in total. The lowest BCUT2D eigenvalue weighted by atomic mass is 10.2. The molecule has 2 aromatic rings. The van der Waals surface area contributed by atoms with Crippen molar-refractivity contribution in [3.63, 3.8) is 0 Å². The van der Waals surface area contributed by atoms with E-state index in [4.69, 9.17) is 14.6 Å². The molecule has 26 heavy (non-hydrogen) atoms. The quantitative estimate of drug-likeness (QED) is 0.557. The highest BCUT2D eigenvalue weighted by Crippen LogP contribution is 2.22. The number of amides is 1. The van der Waals surface area contributed by atoms with Crippen molar-refractivity contribution < 1.29 is 19.4 Å². The molecule has 0 heterocycles. The Morgan fingerprint density at radius 3 is 2.31 bits per heavy atom. The van der Waals surface area contributed by atoms with Crippen molar-refractivity contribution in [3.05, 3.63) is 53.6 Å². The van der Waals surface area contributed by atoms with Crippen LogP contribution in [-0.4, -0.2) is 51.6 Å². The summed E-state index contributed by atoms with van der Waals surface area (Å²) < 4.78 is 10.3. The van der Waals surface area contributed by atoms with Crippen LogP contribution in [0.5, 0.6) is 11.5 Å². The van der Waals surface area contributed by atoms with Crippen LogP contribution in [0.2, 0.25) is 0 Å². The summed E-state index contributed by atoms with van der Waals surface area (Å²) in [4.78, 5) is 14.2. The van der Waals surface area contributed by atoms with Crippen molar-refractivity contribution in [3.8, 4) is 11.5 Å². The van der Waals surface area contributed by atoms with E-state index >= 15 is 0 Å². The zero-order valence-corrected chi connectivity index (χ0v) is 15.1. The highest BCUT2D eigenvalue weighted by molar-refractivity contribution is 5.95. The number of nitrogens with zero attached hydrogens (tertiary/aromatic N) is 2. The average molecular weight is 357 g/mol. The SMILES string of the molecule is COc1cc(OC)cc(C(=O)NN=Cc2ccc(N(C)CCO)cc2)c1. The fourth-order valence-electron chi connectivity index (χ4n) is 2.26. The summed E-state index contributed by atoms with van der Waals surface area (Å²) in [6, 6.07) is 12.5. The number of hydrogen-bond acceptors (Lipinski definition) is 6. The van der Waals surface area contributed by atoms with E-state index in [1.807, 2.05) is 36.2 Å². The molecule has 0 atom stereocenters. The van der Waals surface area contributed by atoms with Gasteiger partial charge in [-0.2, -0.15) is 5.10 Å². The first kappa shape index (κ1) is 19.3. The highest BCUT2D eigenvalue weighted by atomic mass is 16.5. The monoisotopic (exact) mass is 357 g/mol. The minimum absolute atomic E-state index is 0.0980.